The highest BCUT2D eigenvalue weighted by Crippen LogP contribution is 2.31. The Hall–Kier alpha value is -1.53. The summed E-state index contributed by atoms with van der Waals surface area (Å²) in [7, 11) is 0. The number of hydrogen-bond acceptors (Lipinski definition) is 5. The second kappa shape index (κ2) is 6.28. The largest absolute Gasteiger partial charge is 0.478 e. The Labute approximate surface area is 118 Å². The number of aliphatic hydroxyl groups is 1. The van der Waals surface area contributed by atoms with Gasteiger partial charge in [0.05, 0.1) is 11.3 Å². The van der Waals surface area contributed by atoms with Gasteiger partial charge in [0.1, 0.15) is 11.9 Å². The average molecular weight is 279 g/mol. The molecule has 0 atom stereocenters. The van der Waals surface area contributed by atoms with Crippen molar-refractivity contribution >= 4 is 5.97 Å². The fraction of sp³-hybridized carbons (Fsp3) is 0.643. The fourth-order valence-electron chi connectivity index (χ4n) is 2.56. The lowest BCUT2D eigenvalue weighted by atomic mass is 9.79. The number of hydrogen-bond donors (Lipinski definition) is 3. The van der Waals surface area contributed by atoms with E-state index in [9.17, 15) is 9.90 Å². The van der Waals surface area contributed by atoms with E-state index < -0.39 is 11.6 Å². The molecular weight excluding hydrogens is 258 g/mol. The van der Waals surface area contributed by atoms with E-state index in [1.807, 2.05) is 0 Å². The molecule has 20 heavy (non-hydrogen) atoms. The Morgan fingerprint density at radius 3 is 2.85 bits per heavy atom. The van der Waals surface area contributed by atoms with Crippen molar-refractivity contribution in [1.29, 1.82) is 0 Å². The molecule has 0 amide bonds. The van der Waals surface area contributed by atoms with Crippen LogP contribution in [0.25, 0.3) is 0 Å². The van der Waals surface area contributed by atoms with Gasteiger partial charge in [0, 0.05) is 19.3 Å². The Balaban J connectivity index is 1.88. The van der Waals surface area contributed by atoms with Crippen LogP contribution in [0.3, 0.4) is 0 Å². The Kier molecular flexibility index (Phi) is 4.67. The van der Waals surface area contributed by atoms with Crippen LogP contribution in [0.4, 0.5) is 0 Å². The Morgan fingerprint density at radius 1 is 1.50 bits per heavy atom. The Morgan fingerprint density at radius 2 is 2.20 bits per heavy atom. The molecule has 110 valence electrons. The number of carbonyl (C=O) groups is 1. The predicted octanol–water partition coefficient (Wildman–Crippen LogP) is 1.21. The van der Waals surface area contributed by atoms with Gasteiger partial charge in [-0.15, -0.1) is 0 Å². The minimum Gasteiger partial charge on any atom is -0.478 e. The minimum atomic E-state index is -1.03. The molecular formula is C14H21N3O3. The van der Waals surface area contributed by atoms with E-state index in [1.165, 1.54) is 12.5 Å². The number of aromatic carboxylic acids is 1. The second-order valence-electron chi connectivity index (χ2n) is 5.70. The Bertz CT molecular complexity index is 470. The first-order valence-corrected chi connectivity index (χ1v) is 6.95. The molecule has 1 aliphatic carbocycles. The summed E-state index contributed by atoms with van der Waals surface area (Å²) in [4.78, 5) is 18.7. The topological polar surface area (TPSA) is 95.3 Å². The van der Waals surface area contributed by atoms with Gasteiger partial charge >= 0.3 is 5.97 Å². The molecule has 1 aromatic heterocycles. The molecule has 0 saturated heterocycles. The van der Waals surface area contributed by atoms with E-state index in [4.69, 9.17) is 5.11 Å². The summed E-state index contributed by atoms with van der Waals surface area (Å²) in [6, 6.07) is 0. The molecule has 1 aliphatic rings. The lowest BCUT2D eigenvalue weighted by molar-refractivity contribution is -0.00636. The third-order valence-electron chi connectivity index (χ3n) is 3.98. The lowest BCUT2D eigenvalue weighted by Gasteiger charge is -2.35. The fourth-order valence-corrected chi connectivity index (χ4v) is 2.56. The maximum absolute atomic E-state index is 11.0. The third-order valence-corrected chi connectivity index (χ3v) is 3.98. The summed E-state index contributed by atoms with van der Waals surface area (Å²) in [5.74, 6) is -0.358. The molecule has 0 bridgehead atoms. The van der Waals surface area contributed by atoms with Gasteiger partial charge in [-0.25, -0.2) is 14.8 Å². The zero-order chi connectivity index (χ0) is 14.6. The van der Waals surface area contributed by atoms with E-state index in [-0.39, 0.29) is 5.56 Å². The maximum atomic E-state index is 11.0. The van der Waals surface area contributed by atoms with Crippen molar-refractivity contribution in [1.82, 2.24) is 15.3 Å². The quantitative estimate of drug-likeness (QED) is 0.749. The van der Waals surface area contributed by atoms with Crippen LogP contribution in [0.1, 0.15) is 48.7 Å². The minimum absolute atomic E-state index is 0.101. The first-order valence-electron chi connectivity index (χ1n) is 6.95. The third kappa shape index (κ3) is 3.74. The predicted molar refractivity (Wildman–Crippen MR) is 73.3 cm³/mol. The van der Waals surface area contributed by atoms with Crippen molar-refractivity contribution in [2.24, 2.45) is 5.92 Å². The molecule has 2 rings (SSSR count). The number of rotatable bonds is 5. The average Bonchev–Trinajstić information content (AvgIpc) is 2.43. The monoisotopic (exact) mass is 279 g/mol. The van der Waals surface area contributed by atoms with Crippen LogP contribution >= 0.6 is 0 Å². The van der Waals surface area contributed by atoms with Crippen LogP contribution in [0, 0.1) is 5.92 Å². The van der Waals surface area contributed by atoms with Gasteiger partial charge in [0.15, 0.2) is 0 Å². The SMILES string of the molecule is CC1CCC(O)(CNCc2ncncc2C(=O)O)CC1. The number of nitrogens with zero attached hydrogens (tertiary/aromatic N) is 2. The van der Waals surface area contributed by atoms with Gasteiger partial charge in [-0.2, -0.15) is 0 Å². The maximum Gasteiger partial charge on any atom is 0.339 e. The standard InChI is InChI=1S/C14H21N3O3/c1-10-2-4-14(20,5-3-10)8-15-7-12-11(13(18)19)6-16-9-17-12/h6,9-10,15,20H,2-5,7-8H2,1H3,(H,18,19). The van der Waals surface area contributed by atoms with Crippen LogP contribution in [-0.4, -0.2) is 38.3 Å². The highest BCUT2D eigenvalue weighted by atomic mass is 16.4. The van der Waals surface area contributed by atoms with Gasteiger partial charge in [-0.05, 0) is 31.6 Å². The van der Waals surface area contributed by atoms with Crippen LogP contribution in [-0.2, 0) is 6.54 Å². The van der Waals surface area contributed by atoms with Gasteiger partial charge in [0.2, 0.25) is 0 Å². The van der Waals surface area contributed by atoms with Crippen LogP contribution < -0.4 is 5.32 Å². The lowest BCUT2D eigenvalue weighted by Crippen LogP contribution is -2.43. The first kappa shape index (κ1) is 14.9. The summed E-state index contributed by atoms with van der Waals surface area (Å²) in [6.07, 6.45) is 6.27. The molecule has 1 saturated carbocycles. The zero-order valence-electron chi connectivity index (χ0n) is 11.7. The highest BCUT2D eigenvalue weighted by molar-refractivity contribution is 5.88. The van der Waals surface area contributed by atoms with Gasteiger partial charge in [-0.1, -0.05) is 6.92 Å². The summed E-state index contributed by atoms with van der Waals surface area (Å²) in [5.41, 5.74) is -0.132. The summed E-state index contributed by atoms with van der Waals surface area (Å²) < 4.78 is 0. The van der Waals surface area contributed by atoms with Crippen molar-refractivity contribution in [2.45, 2.75) is 44.8 Å². The van der Waals surface area contributed by atoms with Crippen molar-refractivity contribution in [3.63, 3.8) is 0 Å². The molecule has 0 aromatic carbocycles. The molecule has 6 heteroatoms. The van der Waals surface area contributed by atoms with Gasteiger partial charge < -0.3 is 15.5 Å². The van der Waals surface area contributed by atoms with E-state index in [0.717, 1.165) is 25.7 Å². The molecule has 1 aromatic rings. The van der Waals surface area contributed by atoms with E-state index in [2.05, 4.69) is 22.2 Å². The number of carboxylic acid groups (broad SMARTS) is 1. The molecule has 0 radical (unpaired) electrons. The molecule has 6 nitrogen and oxygen atoms in total. The molecule has 0 aliphatic heterocycles. The molecule has 0 spiro atoms. The van der Waals surface area contributed by atoms with Crippen LogP contribution in [0.15, 0.2) is 12.5 Å². The number of nitrogens with one attached hydrogen (secondary N) is 1. The van der Waals surface area contributed by atoms with Crippen molar-refractivity contribution in [3.8, 4) is 0 Å². The summed E-state index contributed by atoms with van der Waals surface area (Å²) in [6.45, 7) is 2.98. The normalized spacial score (nSPS) is 26.4. The van der Waals surface area contributed by atoms with Gasteiger partial charge in [0.25, 0.3) is 0 Å². The molecule has 0 unspecified atom stereocenters. The molecule has 1 heterocycles. The van der Waals surface area contributed by atoms with Crippen molar-refractivity contribution < 1.29 is 15.0 Å². The van der Waals surface area contributed by atoms with Crippen LogP contribution in [0.2, 0.25) is 0 Å². The van der Waals surface area contributed by atoms with E-state index in [0.29, 0.717) is 24.7 Å². The highest BCUT2D eigenvalue weighted by Gasteiger charge is 2.31. The van der Waals surface area contributed by atoms with Crippen LogP contribution in [0.5, 0.6) is 0 Å². The summed E-state index contributed by atoms with van der Waals surface area (Å²) >= 11 is 0. The van der Waals surface area contributed by atoms with Crippen molar-refractivity contribution in [2.75, 3.05) is 6.54 Å². The van der Waals surface area contributed by atoms with Crippen molar-refractivity contribution in [3.05, 3.63) is 23.8 Å². The van der Waals surface area contributed by atoms with Gasteiger partial charge in [-0.3, -0.25) is 0 Å². The van der Waals surface area contributed by atoms with E-state index in [1.54, 1.807) is 0 Å². The summed E-state index contributed by atoms with van der Waals surface area (Å²) in [5, 5.41) is 22.6. The molecule has 3 N–H and O–H groups in total. The number of carboxylic acids is 1. The molecule has 1 fully saturated rings. The zero-order valence-corrected chi connectivity index (χ0v) is 11.7. The number of aromatic nitrogens is 2. The van der Waals surface area contributed by atoms with E-state index >= 15 is 0 Å². The smallest absolute Gasteiger partial charge is 0.339 e. The second-order valence-corrected chi connectivity index (χ2v) is 5.70. The first-order chi connectivity index (χ1) is 9.50.